The predicted octanol–water partition coefficient (Wildman–Crippen LogP) is 2.86. The second-order valence-electron chi connectivity index (χ2n) is 4.94. The Kier molecular flexibility index (Phi) is 10.2. The topological polar surface area (TPSA) is 63.3 Å². The van der Waals surface area contributed by atoms with Gasteiger partial charge in [-0.3, -0.25) is 4.79 Å². The molecule has 0 saturated carbocycles. The smallest absolute Gasteiger partial charge is 0.220 e. The molecule has 0 aliphatic rings. The minimum absolute atomic E-state index is 0.0590. The third-order valence-corrected chi connectivity index (χ3v) is 3.45. The number of hydrogen-bond donors (Lipinski definition) is 2. The highest BCUT2D eigenvalue weighted by Gasteiger charge is 2.24. The molecular weight excluding hydrogens is 214 g/mol. The molecule has 2 atom stereocenters. The summed E-state index contributed by atoms with van der Waals surface area (Å²) in [6, 6.07) is 0. The van der Waals surface area contributed by atoms with Crippen LogP contribution in [0.4, 0.5) is 0 Å². The van der Waals surface area contributed by atoms with Gasteiger partial charge in [-0.25, -0.2) is 0 Å². The van der Waals surface area contributed by atoms with Gasteiger partial charge < -0.3 is 10.8 Å². The van der Waals surface area contributed by atoms with Crippen LogP contribution in [0.25, 0.3) is 0 Å². The molecule has 0 aromatic rings. The van der Waals surface area contributed by atoms with E-state index in [1.54, 1.807) is 0 Å². The predicted molar refractivity (Wildman–Crippen MR) is 71.5 cm³/mol. The summed E-state index contributed by atoms with van der Waals surface area (Å²) in [5, 5.41) is 9.31. The Balaban J connectivity index is 4.00. The van der Waals surface area contributed by atoms with Gasteiger partial charge in [0.2, 0.25) is 5.91 Å². The molecule has 0 aromatic heterocycles. The number of unbranched alkanes of at least 4 members (excludes halogenated alkanes) is 4. The van der Waals surface area contributed by atoms with Gasteiger partial charge in [-0.2, -0.15) is 0 Å². The Hall–Kier alpha value is -0.570. The fraction of sp³-hybridized carbons (Fsp3) is 0.929. The first-order valence-electron chi connectivity index (χ1n) is 7.07. The molecule has 0 aliphatic heterocycles. The highest BCUT2D eigenvalue weighted by atomic mass is 16.3. The van der Waals surface area contributed by atoms with Crippen molar-refractivity contribution in [1.82, 2.24) is 0 Å². The quantitative estimate of drug-likeness (QED) is 0.548. The monoisotopic (exact) mass is 243 g/mol. The number of rotatable bonds is 11. The molecule has 102 valence electrons. The molecule has 0 aliphatic carbocycles. The molecule has 0 saturated heterocycles. The molecule has 0 rings (SSSR count). The zero-order valence-electron chi connectivity index (χ0n) is 11.5. The minimum Gasteiger partial charge on any atom is -0.396 e. The van der Waals surface area contributed by atoms with E-state index in [4.69, 9.17) is 5.73 Å². The maximum absolute atomic E-state index is 11.4. The van der Waals surface area contributed by atoms with E-state index in [-0.39, 0.29) is 24.3 Å². The van der Waals surface area contributed by atoms with Crippen LogP contribution in [0.5, 0.6) is 0 Å². The van der Waals surface area contributed by atoms with Gasteiger partial charge in [0.25, 0.3) is 0 Å². The lowest BCUT2D eigenvalue weighted by molar-refractivity contribution is -0.124. The largest absolute Gasteiger partial charge is 0.396 e. The Morgan fingerprint density at radius 2 is 1.71 bits per heavy atom. The van der Waals surface area contributed by atoms with Crippen molar-refractivity contribution in [1.29, 1.82) is 0 Å². The number of hydrogen-bond acceptors (Lipinski definition) is 2. The number of aliphatic hydroxyl groups excluding tert-OH is 1. The summed E-state index contributed by atoms with van der Waals surface area (Å²) in [7, 11) is 0. The average Bonchev–Trinajstić information content (AvgIpc) is 2.31. The van der Waals surface area contributed by atoms with Crippen LogP contribution >= 0.6 is 0 Å². The van der Waals surface area contributed by atoms with Gasteiger partial charge in [0.15, 0.2) is 0 Å². The molecule has 0 fully saturated rings. The van der Waals surface area contributed by atoms with Gasteiger partial charge in [0.1, 0.15) is 0 Å². The lowest BCUT2D eigenvalue weighted by atomic mass is 9.84. The van der Waals surface area contributed by atoms with Crippen molar-refractivity contribution >= 4 is 5.91 Å². The van der Waals surface area contributed by atoms with E-state index in [1.165, 1.54) is 25.7 Å². The summed E-state index contributed by atoms with van der Waals surface area (Å²) in [5.41, 5.74) is 5.43. The summed E-state index contributed by atoms with van der Waals surface area (Å²) >= 11 is 0. The minimum atomic E-state index is -0.243. The Morgan fingerprint density at radius 1 is 1.06 bits per heavy atom. The van der Waals surface area contributed by atoms with E-state index < -0.39 is 0 Å². The number of nitrogens with two attached hydrogens (primary N) is 1. The van der Waals surface area contributed by atoms with E-state index in [2.05, 4.69) is 13.8 Å². The molecule has 0 aromatic carbocycles. The van der Waals surface area contributed by atoms with Crippen LogP contribution in [0.1, 0.15) is 65.2 Å². The molecule has 2 unspecified atom stereocenters. The van der Waals surface area contributed by atoms with E-state index in [0.29, 0.717) is 0 Å². The molecule has 1 amide bonds. The van der Waals surface area contributed by atoms with Crippen molar-refractivity contribution < 1.29 is 9.90 Å². The fourth-order valence-electron chi connectivity index (χ4n) is 2.37. The average molecular weight is 243 g/mol. The van der Waals surface area contributed by atoms with Crippen LogP contribution < -0.4 is 5.73 Å². The Morgan fingerprint density at radius 3 is 2.18 bits per heavy atom. The Bertz CT molecular complexity index is 195. The molecule has 0 heterocycles. The molecule has 17 heavy (non-hydrogen) atoms. The van der Waals surface area contributed by atoms with Gasteiger partial charge in [-0.1, -0.05) is 52.4 Å². The first-order valence-corrected chi connectivity index (χ1v) is 7.07. The van der Waals surface area contributed by atoms with E-state index in [1.807, 2.05) is 0 Å². The summed E-state index contributed by atoms with van der Waals surface area (Å²) in [4.78, 5) is 11.4. The molecule has 0 spiro atoms. The van der Waals surface area contributed by atoms with Crippen molar-refractivity contribution in [3.8, 4) is 0 Å². The van der Waals surface area contributed by atoms with E-state index in [9.17, 15) is 9.90 Å². The van der Waals surface area contributed by atoms with Crippen molar-refractivity contribution in [3.63, 3.8) is 0 Å². The van der Waals surface area contributed by atoms with Crippen molar-refractivity contribution in [3.05, 3.63) is 0 Å². The molecular formula is C14H29NO2. The van der Waals surface area contributed by atoms with Crippen LogP contribution in [-0.4, -0.2) is 17.6 Å². The number of primary amides is 1. The molecule has 3 nitrogen and oxygen atoms in total. The molecule has 0 bridgehead atoms. The molecule has 0 radical (unpaired) electrons. The highest BCUT2D eigenvalue weighted by molar-refractivity contribution is 5.76. The third-order valence-electron chi connectivity index (χ3n) is 3.45. The van der Waals surface area contributed by atoms with E-state index >= 15 is 0 Å². The summed E-state index contributed by atoms with van der Waals surface area (Å²) in [6.45, 7) is 4.34. The van der Waals surface area contributed by atoms with Crippen LogP contribution in [0, 0.1) is 11.8 Å². The van der Waals surface area contributed by atoms with Crippen molar-refractivity contribution in [2.45, 2.75) is 65.2 Å². The maximum Gasteiger partial charge on any atom is 0.220 e. The third kappa shape index (κ3) is 7.37. The van der Waals surface area contributed by atoms with Crippen LogP contribution in [-0.2, 0) is 4.79 Å². The van der Waals surface area contributed by atoms with Gasteiger partial charge in [-0.05, 0) is 18.8 Å². The normalized spacial score (nSPS) is 14.5. The van der Waals surface area contributed by atoms with Gasteiger partial charge in [0.05, 0.1) is 0 Å². The lowest BCUT2D eigenvalue weighted by Crippen LogP contribution is -2.32. The number of carbonyl (C=O) groups excluding carboxylic acids is 1. The molecule has 3 N–H and O–H groups in total. The van der Waals surface area contributed by atoms with Crippen LogP contribution in [0.2, 0.25) is 0 Å². The highest BCUT2D eigenvalue weighted by Crippen LogP contribution is 2.23. The zero-order valence-corrected chi connectivity index (χ0v) is 11.5. The first-order chi connectivity index (χ1) is 8.17. The second-order valence-corrected chi connectivity index (χ2v) is 4.94. The first kappa shape index (κ1) is 16.4. The van der Waals surface area contributed by atoms with Gasteiger partial charge >= 0.3 is 0 Å². The molecule has 3 heteroatoms. The summed E-state index contributed by atoms with van der Waals surface area (Å²) < 4.78 is 0. The zero-order chi connectivity index (χ0) is 13.1. The second kappa shape index (κ2) is 10.6. The standard InChI is InChI=1S/C14H29NO2/c1-3-5-6-7-8-10-13(14(15)17)12(11-16)9-4-2/h12-13,16H,3-11H2,1-2H3,(H2,15,17). The number of aliphatic hydroxyl groups is 1. The Labute approximate surface area is 106 Å². The van der Waals surface area contributed by atoms with Crippen LogP contribution in [0.3, 0.4) is 0 Å². The number of carbonyl (C=O) groups is 1. The van der Waals surface area contributed by atoms with E-state index in [0.717, 1.165) is 25.7 Å². The lowest BCUT2D eigenvalue weighted by Gasteiger charge is -2.22. The summed E-state index contributed by atoms with van der Waals surface area (Å²) in [5.74, 6) is -0.321. The van der Waals surface area contributed by atoms with Crippen molar-refractivity contribution in [2.24, 2.45) is 17.6 Å². The fourth-order valence-corrected chi connectivity index (χ4v) is 2.37. The summed E-state index contributed by atoms with van der Waals surface area (Å²) in [6.07, 6.45) is 8.66. The maximum atomic E-state index is 11.4. The van der Waals surface area contributed by atoms with Gasteiger partial charge in [-0.15, -0.1) is 0 Å². The SMILES string of the molecule is CCCCCCCC(C(N)=O)C(CO)CCC. The van der Waals surface area contributed by atoms with Crippen LogP contribution in [0.15, 0.2) is 0 Å². The van der Waals surface area contributed by atoms with Crippen molar-refractivity contribution in [2.75, 3.05) is 6.61 Å². The number of amides is 1. The van der Waals surface area contributed by atoms with Gasteiger partial charge in [0, 0.05) is 12.5 Å².